The molecule has 1 aliphatic rings. The topological polar surface area (TPSA) is 63.2 Å². The maximum atomic E-state index is 11.5. The van der Waals surface area contributed by atoms with Gasteiger partial charge in [-0.15, -0.1) is 0 Å². The van der Waals surface area contributed by atoms with Gasteiger partial charge in [0.05, 0.1) is 0 Å². The van der Waals surface area contributed by atoms with Crippen molar-refractivity contribution in [2.75, 3.05) is 21.3 Å². The van der Waals surface area contributed by atoms with Crippen LogP contribution >= 0.6 is 7.74 Å². The number of hydrogen-bond donors (Lipinski definition) is 0. The van der Waals surface area contributed by atoms with E-state index in [4.69, 9.17) is 22.6 Å². The summed E-state index contributed by atoms with van der Waals surface area (Å²) < 4.78 is 26.3. The SMILES string of the molecule is C=C1OP(OC)(OC)(OC)OC1(C)C(C)=O. The second-order valence-electron chi connectivity index (χ2n) is 3.49. The van der Waals surface area contributed by atoms with Crippen molar-refractivity contribution in [2.24, 2.45) is 0 Å². The van der Waals surface area contributed by atoms with Crippen molar-refractivity contribution in [3.8, 4) is 0 Å². The average Bonchev–Trinajstić information content (AvgIpc) is 2.52. The van der Waals surface area contributed by atoms with Crippen LogP contribution in [0, 0.1) is 0 Å². The fourth-order valence-electron chi connectivity index (χ4n) is 1.34. The molecule has 0 aromatic carbocycles. The van der Waals surface area contributed by atoms with Gasteiger partial charge >= 0.3 is 94.1 Å². The first-order valence-corrected chi connectivity index (χ1v) is 6.43. The van der Waals surface area contributed by atoms with Gasteiger partial charge in [0.1, 0.15) is 0 Å². The van der Waals surface area contributed by atoms with Gasteiger partial charge in [-0.3, -0.25) is 0 Å². The van der Waals surface area contributed by atoms with E-state index in [1.54, 1.807) is 0 Å². The van der Waals surface area contributed by atoms with Crippen molar-refractivity contribution < 1.29 is 27.4 Å². The molecule has 1 atom stereocenters. The summed E-state index contributed by atoms with van der Waals surface area (Å²) in [6.07, 6.45) is 0. The van der Waals surface area contributed by atoms with Crippen LogP contribution in [0.3, 0.4) is 0 Å². The van der Waals surface area contributed by atoms with Crippen molar-refractivity contribution in [1.29, 1.82) is 0 Å². The molecule has 0 amide bonds. The molecule has 6 nitrogen and oxygen atoms in total. The van der Waals surface area contributed by atoms with Gasteiger partial charge in [-0.2, -0.15) is 0 Å². The number of hydrogen-bond acceptors (Lipinski definition) is 6. The van der Waals surface area contributed by atoms with Crippen LogP contribution in [0.1, 0.15) is 13.8 Å². The Labute approximate surface area is 94.8 Å². The van der Waals surface area contributed by atoms with Gasteiger partial charge in [0, 0.05) is 0 Å². The second-order valence-corrected chi connectivity index (χ2v) is 6.44. The summed E-state index contributed by atoms with van der Waals surface area (Å²) in [5, 5.41) is 0. The van der Waals surface area contributed by atoms with E-state index in [9.17, 15) is 4.79 Å². The van der Waals surface area contributed by atoms with Crippen LogP contribution in [0.25, 0.3) is 0 Å². The van der Waals surface area contributed by atoms with Gasteiger partial charge < -0.3 is 0 Å². The van der Waals surface area contributed by atoms with E-state index in [0.717, 1.165) is 0 Å². The zero-order chi connectivity index (χ0) is 12.6. The summed E-state index contributed by atoms with van der Waals surface area (Å²) in [7, 11) is -0.192. The molecule has 1 heterocycles. The number of Topliss-reactive ketones (excluding diaryl/α,β-unsaturated/α-hetero) is 1. The molecular weight excluding hydrogens is 235 g/mol. The van der Waals surface area contributed by atoms with Gasteiger partial charge in [-0.1, -0.05) is 0 Å². The molecule has 0 aliphatic carbocycles. The Bertz CT molecular complexity index is 326. The molecule has 0 radical (unpaired) electrons. The van der Waals surface area contributed by atoms with Crippen LogP contribution in [0.15, 0.2) is 12.3 Å². The van der Waals surface area contributed by atoms with Crippen molar-refractivity contribution in [1.82, 2.24) is 0 Å². The van der Waals surface area contributed by atoms with Crippen molar-refractivity contribution in [2.45, 2.75) is 19.4 Å². The zero-order valence-corrected chi connectivity index (χ0v) is 11.0. The molecule has 16 heavy (non-hydrogen) atoms. The first-order valence-electron chi connectivity index (χ1n) is 4.60. The molecule has 0 bridgehead atoms. The van der Waals surface area contributed by atoms with Gasteiger partial charge in [0.25, 0.3) is 0 Å². The summed E-state index contributed by atoms with van der Waals surface area (Å²) in [5.41, 5.74) is -1.32. The molecule has 1 fully saturated rings. The van der Waals surface area contributed by atoms with E-state index < -0.39 is 13.3 Å². The minimum absolute atomic E-state index is 0.114. The molecule has 1 saturated heterocycles. The molecule has 0 aromatic rings. The van der Waals surface area contributed by atoms with E-state index in [-0.39, 0.29) is 11.5 Å². The van der Waals surface area contributed by atoms with Crippen molar-refractivity contribution in [3.63, 3.8) is 0 Å². The molecule has 0 aromatic heterocycles. The number of ketones is 1. The van der Waals surface area contributed by atoms with E-state index in [1.807, 2.05) is 0 Å². The maximum absolute atomic E-state index is 11.5. The zero-order valence-electron chi connectivity index (χ0n) is 10.1. The molecule has 94 valence electrons. The standard InChI is InChI=1S/C9H17O6P/c1-7(10)9(3)8(2)14-16(11-4,12-5,13-6)15-9/h2H2,1,3-6H3. The summed E-state index contributed by atoms with van der Waals surface area (Å²) in [4.78, 5) is 11.5. The predicted molar refractivity (Wildman–Crippen MR) is 58.3 cm³/mol. The third kappa shape index (κ3) is 1.58. The van der Waals surface area contributed by atoms with Gasteiger partial charge in [-0.25, -0.2) is 0 Å². The van der Waals surface area contributed by atoms with Crippen molar-refractivity contribution >= 4 is 13.5 Å². The Morgan fingerprint density at radius 2 is 1.75 bits per heavy atom. The Morgan fingerprint density at radius 3 is 1.94 bits per heavy atom. The number of carbonyl (C=O) groups is 1. The molecule has 0 saturated carbocycles. The fourth-order valence-corrected chi connectivity index (χ4v) is 3.63. The van der Waals surface area contributed by atoms with Crippen LogP contribution in [0.4, 0.5) is 0 Å². The Balaban J connectivity index is 3.25. The molecule has 1 unspecified atom stereocenters. The fraction of sp³-hybridized carbons (Fsp3) is 0.667. The molecule has 0 spiro atoms. The van der Waals surface area contributed by atoms with E-state index in [2.05, 4.69) is 6.58 Å². The normalized spacial score (nSPS) is 33.8. The van der Waals surface area contributed by atoms with Crippen molar-refractivity contribution in [3.05, 3.63) is 12.3 Å². The van der Waals surface area contributed by atoms with E-state index in [0.29, 0.717) is 0 Å². The van der Waals surface area contributed by atoms with Crippen LogP contribution in [0.2, 0.25) is 0 Å². The Kier molecular flexibility index (Phi) is 3.18. The second kappa shape index (κ2) is 3.75. The molecular formula is C9H17O6P. The Morgan fingerprint density at radius 1 is 1.31 bits per heavy atom. The monoisotopic (exact) mass is 252 g/mol. The third-order valence-corrected chi connectivity index (χ3v) is 5.66. The van der Waals surface area contributed by atoms with Crippen LogP contribution in [-0.4, -0.2) is 32.7 Å². The average molecular weight is 252 g/mol. The predicted octanol–water partition coefficient (Wildman–Crippen LogP) is 1.96. The van der Waals surface area contributed by atoms with Gasteiger partial charge in [0.15, 0.2) is 0 Å². The van der Waals surface area contributed by atoms with Gasteiger partial charge in [0.2, 0.25) is 0 Å². The summed E-state index contributed by atoms with van der Waals surface area (Å²) in [6.45, 7) is 6.54. The first-order chi connectivity index (χ1) is 7.27. The number of carbonyl (C=O) groups excluding carboxylic acids is 1. The Hall–Kier alpha value is -0.520. The molecule has 0 N–H and O–H groups in total. The van der Waals surface area contributed by atoms with Gasteiger partial charge in [-0.05, 0) is 0 Å². The quantitative estimate of drug-likeness (QED) is 0.713. The minimum atomic E-state index is -4.16. The van der Waals surface area contributed by atoms with Crippen LogP contribution in [-0.2, 0) is 27.4 Å². The molecule has 1 aliphatic heterocycles. The molecule has 1 rings (SSSR count). The summed E-state index contributed by atoms with van der Waals surface area (Å²) in [6, 6.07) is 0. The van der Waals surface area contributed by atoms with Crippen LogP contribution < -0.4 is 0 Å². The van der Waals surface area contributed by atoms with E-state index >= 15 is 0 Å². The number of rotatable bonds is 4. The summed E-state index contributed by atoms with van der Waals surface area (Å²) in [5.74, 6) is -0.154. The first kappa shape index (κ1) is 13.5. The summed E-state index contributed by atoms with van der Waals surface area (Å²) >= 11 is 0. The van der Waals surface area contributed by atoms with Crippen LogP contribution in [0.5, 0.6) is 0 Å². The van der Waals surface area contributed by atoms with E-state index in [1.165, 1.54) is 35.2 Å². The third-order valence-electron chi connectivity index (χ3n) is 2.69. The molecule has 7 heteroatoms.